The van der Waals surface area contributed by atoms with E-state index in [4.69, 9.17) is 9.47 Å². The molecule has 4 amide bonds. The molecule has 1 aromatic carbocycles. The Bertz CT molecular complexity index is 1440. The number of carbonyl (C=O) groups is 4. The number of rotatable bonds is 11. The molecule has 1 aliphatic carbocycles. The molecule has 2 heterocycles. The molecule has 2 aliphatic rings. The molecule has 1 saturated carbocycles. The Kier molecular flexibility index (Phi) is 11.4. The Labute approximate surface area is 263 Å². The van der Waals surface area contributed by atoms with Crippen LogP contribution in [0.3, 0.4) is 0 Å². The second-order valence-electron chi connectivity index (χ2n) is 11.5. The monoisotopic (exact) mass is 625 g/mol. The van der Waals surface area contributed by atoms with E-state index in [1.807, 2.05) is 13.8 Å². The number of halogens is 1. The third-order valence-corrected chi connectivity index (χ3v) is 8.53. The van der Waals surface area contributed by atoms with Crippen LogP contribution in [0.1, 0.15) is 78.8 Å². The van der Waals surface area contributed by atoms with Crippen molar-refractivity contribution in [2.45, 2.75) is 65.9 Å². The van der Waals surface area contributed by atoms with Crippen molar-refractivity contribution in [3.63, 3.8) is 0 Å². The maximum absolute atomic E-state index is 14.0. The van der Waals surface area contributed by atoms with Gasteiger partial charge in [-0.3, -0.25) is 9.59 Å². The van der Waals surface area contributed by atoms with E-state index in [9.17, 15) is 23.6 Å². The van der Waals surface area contributed by atoms with Crippen molar-refractivity contribution in [3.8, 4) is 0 Å². The number of aryl methyl sites for hydroxylation is 1. The van der Waals surface area contributed by atoms with Gasteiger partial charge in [0.05, 0.1) is 17.7 Å². The number of aromatic nitrogens is 1. The van der Waals surface area contributed by atoms with Crippen molar-refractivity contribution in [1.82, 2.24) is 19.7 Å². The van der Waals surface area contributed by atoms with Gasteiger partial charge in [0.1, 0.15) is 18.5 Å². The molecule has 11 nitrogen and oxygen atoms in total. The normalized spacial score (nSPS) is 15.6. The zero-order valence-corrected chi connectivity index (χ0v) is 26.8. The fourth-order valence-corrected chi connectivity index (χ4v) is 5.73. The Morgan fingerprint density at radius 2 is 1.73 bits per heavy atom. The van der Waals surface area contributed by atoms with Crippen molar-refractivity contribution in [1.29, 1.82) is 0 Å². The smallest absolute Gasteiger partial charge is 0.416 e. The molecule has 2 aromatic rings. The van der Waals surface area contributed by atoms with Crippen molar-refractivity contribution >= 4 is 41.3 Å². The Morgan fingerprint density at radius 3 is 2.42 bits per heavy atom. The minimum Gasteiger partial charge on any atom is -0.447 e. The average Bonchev–Trinajstić information content (AvgIpc) is 3.48. The molecule has 0 radical (unpaired) electrons. The molecule has 1 aliphatic heterocycles. The van der Waals surface area contributed by atoms with Crippen LogP contribution in [-0.4, -0.2) is 96.2 Å². The Hall–Kier alpha value is -4.19. The lowest BCUT2D eigenvalue weighted by molar-refractivity contribution is -0.110. The predicted molar refractivity (Wildman–Crippen MR) is 169 cm³/mol. The summed E-state index contributed by atoms with van der Waals surface area (Å²) in [5.74, 6) is -1.40. The molecule has 0 saturated heterocycles. The lowest BCUT2D eigenvalue weighted by atomic mass is 9.98. The zero-order valence-electron chi connectivity index (χ0n) is 26.8. The minimum absolute atomic E-state index is 0.0863. The van der Waals surface area contributed by atoms with Gasteiger partial charge >= 0.3 is 12.2 Å². The fourth-order valence-electron chi connectivity index (χ4n) is 5.73. The summed E-state index contributed by atoms with van der Waals surface area (Å²) >= 11 is 0. The largest absolute Gasteiger partial charge is 0.447 e. The van der Waals surface area contributed by atoms with E-state index < -0.39 is 23.9 Å². The molecule has 12 heteroatoms. The van der Waals surface area contributed by atoms with Gasteiger partial charge in [-0.25, -0.2) is 18.9 Å². The number of ether oxygens (including phenoxy) is 2. The van der Waals surface area contributed by atoms with Gasteiger partial charge in [-0.15, -0.1) is 0 Å². The molecule has 1 fully saturated rings. The number of fused-ring (bicyclic) bond motifs is 1. The van der Waals surface area contributed by atoms with Crippen molar-refractivity contribution < 1.29 is 33.0 Å². The second-order valence-corrected chi connectivity index (χ2v) is 11.5. The van der Waals surface area contributed by atoms with Crippen LogP contribution in [-0.2, 0) is 14.3 Å². The van der Waals surface area contributed by atoms with Crippen LogP contribution in [0.4, 0.5) is 19.7 Å². The maximum atomic E-state index is 14.0. The molecule has 1 aromatic heterocycles. The standard InChI is InChI=1S/C33H44FN5O6/c1-6-38(7-2)15-16-39(33(43)44-18-17-37(5)32(42)45-24-11-9-8-10-12-24)31(41)29-21(3)28(35-22(29)4)20-26-25-19-23(34)13-14-27(25)36-30(26)40/h13-14,19-20,24,35H,6-12,15-18H2,1-5H3,(H,36,40)/b26-20-. The summed E-state index contributed by atoms with van der Waals surface area (Å²) in [7, 11) is 1.59. The number of hydrogen-bond donors (Lipinski definition) is 2. The van der Waals surface area contributed by atoms with Crippen LogP contribution >= 0.6 is 0 Å². The minimum atomic E-state index is -0.819. The first-order valence-electron chi connectivity index (χ1n) is 15.7. The molecular formula is C33H44FN5O6. The van der Waals surface area contributed by atoms with E-state index in [0.29, 0.717) is 34.7 Å². The maximum Gasteiger partial charge on any atom is 0.416 e. The predicted octanol–water partition coefficient (Wildman–Crippen LogP) is 5.59. The van der Waals surface area contributed by atoms with E-state index in [1.54, 1.807) is 27.0 Å². The molecule has 4 rings (SSSR count). The number of hydrogen-bond acceptors (Lipinski definition) is 7. The van der Waals surface area contributed by atoms with Gasteiger partial charge in [0, 0.05) is 42.8 Å². The highest BCUT2D eigenvalue weighted by molar-refractivity contribution is 6.35. The van der Waals surface area contributed by atoms with E-state index in [1.165, 1.54) is 23.1 Å². The van der Waals surface area contributed by atoms with Crippen LogP contribution < -0.4 is 5.32 Å². The molecule has 244 valence electrons. The molecule has 0 unspecified atom stereocenters. The van der Waals surface area contributed by atoms with Gasteiger partial charge in [0.2, 0.25) is 0 Å². The number of nitrogens with one attached hydrogen (secondary N) is 2. The van der Waals surface area contributed by atoms with Crippen molar-refractivity contribution in [3.05, 3.63) is 52.1 Å². The summed E-state index contributed by atoms with van der Waals surface area (Å²) in [6.07, 6.45) is 5.16. The van der Waals surface area contributed by atoms with Crippen LogP contribution in [0.5, 0.6) is 0 Å². The number of amides is 4. The fraction of sp³-hybridized carbons (Fsp3) is 0.515. The highest BCUT2D eigenvalue weighted by Crippen LogP contribution is 2.34. The lowest BCUT2D eigenvalue weighted by Gasteiger charge is -2.26. The van der Waals surface area contributed by atoms with Gasteiger partial charge in [-0.05, 0) is 82.5 Å². The first kappa shape index (κ1) is 33.7. The topological polar surface area (TPSA) is 124 Å². The van der Waals surface area contributed by atoms with E-state index in [2.05, 4.69) is 15.2 Å². The van der Waals surface area contributed by atoms with Gasteiger partial charge < -0.3 is 29.6 Å². The Morgan fingerprint density at radius 1 is 1.02 bits per heavy atom. The summed E-state index contributed by atoms with van der Waals surface area (Å²) in [6.45, 7) is 9.46. The van der Waals surface area contributed by atoms with E-state index >= 15 is 0 Å². The highest BCUT2D eigenvalue weighted by Gasteiger charge is 2.31. The molecule has 0 spiro atoms. The number of likely N-dealkylation sites (N-methyl/N-ethyl adjacent to an activating group) is 2. The van der Waals surface area contributed by atoms with Crippen molar-refractivity contribution in [2.24, 2.45) is 0 Å². The lowest BCUT2D eigenvalue weighted by Crippen LogP contribution is -2.44. The zero-order chi connectivity index (χ0) is 32.7. The number of carbonyl (C=O) groups excluding carboxylic acids is 4. The Balaban J connectivity index is 1.49. The first-order valence-corrected chi connectivity index (χ1v) is 15.7. The average molecular weight is 626 g/mol. The molecule has 45 heavy (non-hydrogen) atoms. The molecule has 0 bridgehead atoms. The third kappa shape index (κ3) is 8.10. The number of nitrogens with zero attached hydrogens (tertiary/aromatic N) is 3. The van der Waals surface area contributed by atoms with Gasteiger partial charge in [0.25, 0.3) is 11.8 Å². The summed E-state index contributed by atoms with van der Waals surface area (Å²) in [6, 6.07) is 4.06. The SMILES string of the molecule is CCN(CC)CCN(C(=O)OCCN(C)C(=O)OC1CCCCC1)C(=O)c1c(C)[nH]c(/C=C2\C(=O)Nc3ccc(F)cc32)c1C. The third-order valence-electron chi connectivity index (χ3n) is 8.53. The molecule has 2 N–H and O–H groups in total. The molecular weight excluding hydrogens is 581 g/mol. The van der Waals surface area contributed by atoms with E-state index in [-0.39, 0.29) is 42.8 Å². The number of anilines is 1. The quantitative estimate of drug-likeness (QED) is 0.312. The number of aromatic amines is 1. The highest BCUT2D eigenvalue weighted by atomic mass is 19.1. The summed E-state index contributed by atoms with van der Waals surface area (Å²) in [5.41, 5.74) is 3.01. The van der Waals surface area contributed by atoms with Gasteiger partial charge in [-0.1, -0.05) is 20.3 Å². The summed E-state index contributed by atoms with van der Waals surface area (Å²) in [5, 5.41) is 2.72. The van der Waals surface area contributed by atoms with Crippen LogP contribution in [0.15, 0.2) is 18.2 Å². The summed E-state index contributed by atoms with van der Waals surface area (Å²) < 4.78 is 25.1. The molecule has 0 atom stereocenters. The second kappa shape index (κ2) is 15.2. The first-order chi connectivity index (χ1) is 21.5. The van der Waals surface area contributed by atoms with Crippen LogP contribution in [0.2, 0.25) is 0 Å². The van der Waals surface area contributed by atoms with E-state index in [0.717, 1.165) is 50.1 Å². The number of benzene rings is 1. The van der Waals surface area contributed by atoms with Crippen molar-refractivity contribution in [2.75, 3.05) is 51.7 Å². The number of imide groups is 1. The van der Waals surface area contributed by atoms with Crippen LogP contribution in [0, 0.1) is 19.7 Å². The van der Waals surface area contributed by atoms with Gasteiger partial charge in [0.15, 0.2) is 0 Å². The van der Waals surface area contributed by atoms with Gasteiger partial charge in [-0.2, -0.15) is 0 Å². The summed E-state index contributed by atoms with van der Waals surface area (Å²) in [4.78, 5) is 60.2. The number of H-pyrrole nitrogens is 1. The van der Waals surface area contributed by atoms with Crippen LogP contribution in [0.25, 0.3) is 11.6 Å².